The maximum absolute atomic E-state index is 13.2. The SMILES string of the molecule is O=C1[C@@H]2[C@@H](C(=O)N1c1ccc(F)c(Cl)c1)[C@H]1C=C[C@@H]2C1. The molecule has 2 aliphatic carbocycles. The first kappa shape index (κ1) is 12.1. The number of carbonyl (C=O) groups is 2. The van der Waals surface area contributed by atoms with Gasteiger partial charge in [0.05, 0.1) is 22.5 Å². The van der Waals surface area contributed by atoms with Gasteiger partial charge in [0.2, 0.25) is 11.8 Å². The molecule has 1 aliphatic heterocycles. The molecule has 0 unspecified atom stereocenters. The molecule has 1 heterocycles. The molecule has 3 aliphatic rings. The number of anilines is 1. The second-order valence-electron chi connectivity index (χ2n) is 5.61. The maximum Gasteiger partial charge on any atom is 0.238 e. The van der Waals surface area contributed by atoms with E-state index in [1.165, 1.54) is 23.1 Å². The summed E-state index contributed by atoms with van der Waals surface area (Å²) in [7, 11) is 0. The van der Waals surface area contributed by atoms with Gasteiger partial charge in [0.25, 0.3) is 0 Å². The molecule has 0 N–H and O–H groups in total. The summed E-state index contributed by atoms with van der Waals surface area (Å²) in [5.74, 6) is -1.08. The summed E-state index contributed by atoms with van der Waals surface area (Å²) in [5, 5.41) is -0.0822. The number of halogens is 2. The number of amides is 2. The number of carbonyl (C=O) groups excluding carboxylic acids is 2. The fourth-order valence-corrected chi connectivity index (χ4v) is 3.96. The lowest BCUT2D eigenvalue weighted by atomic mass is 9.85. The van der Waals surface area contributed by atoms with Gasteiger partial charge in [-0.15, -0.1) is 0 Å². The van der Waals surface area contributed by atoms with E-state index >= 15 is 0 Å². The van der Waals surface area contributed by atoms with Crippen LogP contribution in [0.5, 0.6) is 0 Å². The third kappa shape index (κ3) is 1.40. The van der Waals surface area contributed by atoms with E-state index in [4.69, 9.17) is 11.6 Å². The zero-order chi connectivity index (χ0) is 14.0. The summed E-state index contributed by atoms with van der Waals surface area (Å²) in [5.41, 5.74) is 0.361. The summed E-state index contributed by atoms with van der Waals surface area (Å²) in [4.78, 5) is 26.2. The molecule has 2 fully saturated rings. The van der Waals surface area contributed by atoms with Gasteiger partial charge in [-0.05, 0) is 36.5 Å². The van der Waals surface area contributed by atoms with Crippen LogP contribution >= 0.6 is 11.6 Å². The topological polar surface area (TPSA) is 37.4 Å². The Balaban J connectivity index is 1.76. The quantitative estimate of drug-likeness (QED) is 0.589. The molecule has 3 nitrogen and oxygen atoms in total. The van der Waals surface area contributed by atoms with E-state index in [1.807, 2.05) is 12.2 Å². The van der Waals surface area contributed by atoms with Crippen LogP contribution in [0, 0.1) is 29.5 Å². The molecule has 1 saturated heterocycles. The van der Waals surface area contributed by atoms with Gasteiger partial charge in [0, 0.05) is 0 Å². The second kappa shape index (κ2) is 3.92. The molecule has 0 spiro atoms. The Morgan fingerprint density at radius 2 is 1.70 bits per heavy atom. The fourth-order valence-electron chi connectivity index (χ4n) is 3.78. The zero-order valence-electron chi connectivity index (χ0n) is 10.4. The van der Waals surface area contributed by atoms with Crippen molar-refractivity contribution >= 4 is 29.1 Å². The summed E-state index contributed by atoms with van der Waals surface area (Å²) < 4.78 is 13.2. The minimum Gasteiger partial charge on any atom is -0.274 e. The average Bonchev–Trinajstić information content (AvgIpc) is 3.08. The number of hydrogen-bond donors (Lipinski definition) is 0. The van der Waals surface area contributed by atoms with Gasteiger partial charge < -0.3 is 0 Å². The number of benzene rings is 1. The van der Waals surface area contributed by atoms with Gasteiger partial charge in [0.15, 0.2) is 0 Å². The number of rotatable bonds is 1. The number of imide groups is 1. The highest BCUT2D eigenvalue weighted by Gasteiger charge is 2.59. The lowest BCUT2D eigenvalue weighted by Gasteiger charge is -2.17. The van der Waals surface area contributed by atoms with Crippen LogP contribution in [0.1, 0.15) is 6.42 Å². The van der Waals surface area contributed by atoms with Crippen LogP contribution < -0.4 is 4.90 Å². The van der Waals surface area contributed by atoms with E-state index in [0.717, 1.165) is 6.42 Å². The highest BCUT2D eigenvalue weighted by Crippen LogP contribution is 2.53. The molecular formula is C15H11ClFNO2. The van der Waals surface area contributed by atoms with Crippen LogP contribution in [-0.4, -0.2) is 11.8 Å². The molecule has 1 aromatic carbocycles. The first-order chi connectivity index (χ1) is 9.58. The predicted octanol–water partition coefficient (Wildman–Crippen LogP) is 2.79. The van der Waals surface area contributed by atoms with Gasteiger partial charge >= 0.3 is 0 Å². The molecule has 0 radical (unpaired) electrons. The molecule has 2 amide bonds. The molecule has 5 heteroatoms. The van der Waals surface area contributed by atoms with E-state index in [0.29, 0.717) is 5.69 Å². The standard InChI is InChI=1S/C15H11ClFNO2/c16-10-6-9(3-4-11(10)17)18-14(19)12-7-1-2-8(5-7)13(12)15(18)20/h1-4,6-8,12-13H,5H2/t7-,8+,12-,13-/m0/s1. The van der Waals surface area contributed by atoms with E-state index in [-0.39, 0.29) is 40.5 Å². The minimum absolute atomic E-state index is 0.0822. The van der Waals surface area contributed by atoms with Crippen molar-refractivity contribution in [1.29, 1.82) is 0 Å². The monoisotopic (exact) mass is 291 g/mol. The Kier molecular flexibility index (Phi) is 2.37. The molecule has 0 aromatic heterocycles. The molecule has 2 bridgehead atoms. The van der Waals surface area contributed by atoms with E-state index < -0.39 is 5.82 Å². The predicted molar refractivity (Wildman–Crippen MR) is 71.6 cm³/mol. The number of allylic oxidation sites excluding steroid dienone is 2. The van der Waals surface area contributed by atoms with Crippen molar-refractivity contribution in [1.82, 2.24) is 0 Å². The van der Waals surface area contributed by atoms with Crippen LogP contribution in [0.2, 0.25) is 5.02 Å². The number of nitrogens with zero attached hydrogens (tertiary/aromatic N) is 1. The van der Waals surface area contributed by atoms with E-state index in [1.54, 1.807) is 0 Å². The van der Waals surface area contributed by atoms with Crippen molar-refractivity contribution in [3.05, 3.63) is 41.2 Å². The summed E-state index contributed by atoms with van der Waals surface area (Å²) in [6, 6.07) is 3.94. The summed E-state index contributed by atoms with van der Waals surface area (Å²) in [6.45, 7) is 0. The van der Waals surface area contributed by atoms with Gasteiger partial charge in [-0.3, -0.25) is 9.59 Å². The lowest BCUT2D eigenvalue weighted by Crippen LogP contribution is -2.32. The Morgan fingerprint density at radius 3 is 2.25 bits per heavy atom. The zero-order valence-corrected chi connectivity index (χ0v) is 11.2. The largest absolute Gasteiger partial charge is 0.274 e. The highest BCUT2D eigenvalue weighted by atomic mass is 35.5. The van der Waals surface area contributed by atoms with Crippen LogP contribution in [0.3, 0.4) is 0 Å². The number of fused-ring (bicyclic) bond motifs is 5. The van der Waals surface area contributed by atoms with Crippen LogP contribution in [0.4, 0.5) is 10.1 Å². The van der Waals surface area contributed by atoms with E-state index in [9.17, 15) is 14.0 Å². The smallest absolute Gasteiger partial charge is 0.238 e. The van der Waals surface area contributed by atoms with E-state index in [2.05, 4.69) is 0 Å². The summed E-state index contributed by atoms with van der Waals surface area (Å²) in [6.07, 6.45) is 4.97. The normalized spacial score (nSPS) is 34.2. The first-order valence-electron chi connectivity index (χ1n) is 6.59. The van der Waals surface area contributed by atoms with Crippen molar-refractivity contribution < 1.29 is 14.0 Å². The van der Waals surface area contributed by atoms with Crippen molar-refractivity contribution in [3.63, 3.8) is 0 Å². The van der Waals surface area contributed by atoms with Gasteiger partial charge in [0.1, 0.15) is 5.82 Å². The minimum atomic E-state index is -0.559. The Bertz CT molecular complexity index is 642. The molecule has 1 aromatic rings. The highest BCUT2D eigenvalue weighted by molar-refractivity contribution is 6.31. The third-order valence-electron chi connectivity index (χ3n) is 4.63. The average molecular weight is 292 g/mol. The Hall–Kier alpha value is -1.68. The molecule has 102 valence electrons. The van der Waals surface area contributed by atoms with Crippen molar-refractivity contribution in [2.75, 3.05) is 4.90 Å². The van der Waals surface area contributed by atoms with Crippen molar-refractivity contribution in [2.24, 2.45) is 23.7 Å². The fraction of sp³-hybridized carbons (Fsp3) is 0.333. The second-order valence-corrected chi connectivity index (χ2v) is 6.02. The third-order valence-corrected chi connectivity index (χ3v) is 4.92. The molecule has 4 atom stereocenters. The van der Waals surface area contributed by atoms with Crippen LogP contribution in [-0.2, 0) is 9.59 Å². The van der Waals surface area contributed by atoms with Crippen LogP contribution in [0.15, 0.2) is 30.4 Å². The molecular weight excluding hydrogens is 281 g/mol. The molecule has 20 heavy (non-hydrogen) atoms. The first-order valence-corrected chi connectivity index (χ1v) is 6.97. The number of hydrogen-bond acceptors (Lipinski definition) is 2. The summed E-state index contributed by atoms with van der Waals surface area (Å²) >= 11 is 5.74. The lowest BCUT2D eigenvalue weighted by molar-refractivity contribution is -0.123. The Labute approximate surface area is 120 Å². The van der Waals surface area contributed by atoms with Gasteiger partial charge in [-0.25, -0.2) is 9.29 Å². The van der Waals surface area contributed by atoms with Gasteiger partial charge in [-0.1, -0.05) is 23.8 Å². The molecule has 4 rings (SSSR count). The Morgan fingerprint density at radius 1 is 1.10 bits per heavy atom. The van der Waals surface area contributed by atoms with Crippen LogP contribution in [0.25, 0.3) is 0 Å². The van der Waals surface area contributed by atoms with Gasteiger partial charge in [-0.2, -0.15) is 0 Å². The molecule has 1 saturated carbocycles. The van der Waals surface area contributed by atoms with Crippen molar-refractivity contribution in [3.8, 4) is 0 Å². The van der Waals surface area contributed by atoms with Crippen molar-refractivity contribution in [2.45, 2.75) is 6.42 Å². The maximum atomic E-state index is 13.2.